The van der Waals surface area contributed by atoms with E-state index in [1.807, 2.05) is 6.08 Å². The molecule has 7 nitrogen and oxygen atoms in total. The first-order valence-electron chi connectivity index (χ1n) is 19.3. The minimum absolute atomic E-state index is 0.121. The van der Waals surface area contributed by atoms with E-state index in [1.165, 1.54) is 12.8 Å². The van der Waals surface area contributed by atoms with Crippen LogP contribution in [0.2, 0.25) is 0 Å². The van der Waals surface area contributed by atoms with Gasteiger partial charge in [-0.05, 0) is 103 Å². The van der Waals surface area contributed by atoms with Crippen molar-refractivity contribution in [1.82, 2.24) is 5.32 Å². The fourth-order valence-electron chi connectivity index (χ4n) is 5.10. The predicted molar refractivity (Wildman–Crippen MR) is 206 cm³/mol. The number of aliphatic carboxylic acids is 1. The summed E-state index contributed by atoms with van der Waals surface area (Å²) in [6.45, 7) is 4.68. The maximum Gasteiger partial charge on any atom is 0.326 e. The molecule has 0 saturated heterocycles. The Morgan fingerprint density at radius 3 is 1.78 bits per heavy atom. The van der Waals surface area contributed by atoms with Gasteiger partial charge in [-0.1, -0.05) is 119 Å². The standard InChI is InChI=1S/C42H70N2O5/c1-3-5-7-8-9-10-11-12-13-14-15-16-17-18-19-20-21-22-23-24-30-36-41(46)49-38(32-27-6-4-2)33-28-25-26-29-35-40(45)44-39(42(47)48)34-31-37-43/h5,7,9-10,12-13,15-16,18-19,27,32,38-39H,3-4,6,8,11,14,17,20-26,28-31,33-37,43H2,1-2H3,(H,44,45)(H,47,48)/b7-5-,10-9-,13-12-,16-15-,19-18-,32-27-. The van der Waals surface area contributed by atoms with Crippen LogP contribution in [0.4, 0.5) is 0 Å². The van der Waals surface area contributed by atoms with Crippen LogP contribution in [-0.4, -0.2) is 41.6 Å². The number of allylic oxidation sites excluding steroid dienone is 11. The van der Waals surface area contributed by atoms with Crippen LogP contribution >= 0.6 is 0 Å². The molecule has 0 fully saturated rings. The molecule has 4 N–H and O–H groups in total. The summed E-state index contributed by atoms with van der Waals surface area (Å²) in [7, 11) is 0. The lowest BCUT2D eigenvalue weighted by Crippen LogP contribution is -2.40. The van der Waals surface area contributed by atoms with Gasteiger partial charge in [0.25, 0.3) is 0 Å². The Kier molecular flexibility index (Phi) is 33.7. The fourth-order valence-corrected chi connectivity index (χ4v) is 5.10. The van der Waals surface area contributed by atoms with Crippen molar-refractivity contribution in [2.45, 2.75) is 167 Å². The molecule has 0 saturated carbocycles. The monoisotopic (exact) mass is 683 g/mol. The van der Waals surface area contributed by atoms with Crippen LogP contribution in [0.3, 0.4) is 0 Å². The van der Waals surface area contributed by atoms with E-state index in [9.17, 15) is 19.5 Å². The van der Waals surface area contributed by atoms with Gasteiger partial charge in [-0.15, -0.1) is 0 Å². The fraction of sp³-hybridized carbons (Fsp3) is 0.643. The van der Waals surface area contributed by atoms with Crippen molar-refractivity contribution in [3.63, 3.8) is 0 Å². The van der Waals surface area contributed by atoms with Crippen LogP contribution < -0.4 is 11.1 Å². The smallest absolute Gasteiger partial charge is 0.326 e. The minimum Gasteiger partial charge on any atom is -0.480 e. The molecule has 0 aromatic carbocycles. The molecule has 0 aliphatic rings. The molecule has 0 heterocycles. The number of esters is 1. The third-order valence-electron chi connectivity index (χ3n) is 7.97. The lowest BCUT2D eigenvalue weighted by Gasteiger charge is -2.15. The van der Waals surface area contributed by atoms with Gasteiger partial charge in [0.1, 0.15) is 12.1 Å². The van der Waals surface area contributed by atoms with Crippen molar-refractivity contribution in [3.8, 4) is 0 Å². The van der Waals surface area contributed by atoms with E-state index >= 15 is 0 Å². The van der Waals surface area contributed by atoms with Gasteiger partial charge in [-0.25, -0.2) is 4.79 Å². The van der Waals surface area contributed by atoms with Crippen LogP contribution in [0, 0.1) is 0 Å². The first-order chi connectivity index (χ1) is 23.9. The molecule has 0 spiro atoms. The number of carbonyl (C=O) groups is 3. The Labute approximate surface area is 299 Å². The minimum atomic E-state index is -1.02. The van der Waals surface area contributed by atoms with E-state index in [4.69, 9.17) is 10.5 Å². The van der Waals surface area contributed by atoms with E-state index in [1.54, 1.807) is 0 Å². The van der Waals surface area contributed by atoms with Crippen LogP contribution in [0.25, 0.3) is 0 Å². The summed E-state index contributed by atoms with van der Waals surface area (Å²) in [4.78, 5) is 36.0. The number of rotatable bonds is 33. The average Bonchev–Trinajstić information content (AvgIpc) is 3.08. The number of amides is 1. The maximum atomic E-state index is 12.5. The molecule has 0 aliphatic carbocycles. The second-order valence-corrected chi connectivity index (χ2v) is 12.6. The Hall–Kier alpha value is -3.19. The molecule has 0 aromatic heterocycles. The molecule has 1 amide bonds. The highest BCUT2D eigenvalue weighted by molar-refractivity contribution is 5.83. The second-order valence-electron chi connectivity index (χ2n) is 12.6. The Morgan fingerprint density at radius 2 is 1.18 bits per heavy atom. The number of carbonyl (C=O) groups excluding carboxylic acids is 2. The lowest BCUT2D eigenvalue weighted by molar-refractivity contribution is -0.147. The summed E-state index contributed by atoms with van der Waals surface area (Å²) in [5, 5.41) is 11.8. The number of carboxylic acid groups (broad SMARTS) is 1. The molecule has 2 unspecified atom stereocenters. The summed E-state index contributed by atoms with van der Waals surface area (Å²) in [5.74, 6) is -1.38. The number of nitrogens with two attached hydrogens (primary N) is 1. The van der Waals surface area contributed by atoms with Crippen LogP contribution in [0.5, 0.6) is 0 Å². The molecule has 0 aliphatic heterocycles. The van der Waals surface area contributed by atoms with Gasteiger partial charge in [0.15, 0.2) is 0 Å². The van der Waals surface area contributed by atoms with E-state index < -0.39 is 12.0 Å². The SMILES string of the molecule is CC/C=C\C/C=C\C/C=C\C/C=C\C/C=C\CCCCCCCC(=O)OC(/C=C\CCC)CCCCCCC(=O)NC(CCCN)C(=O)O. The van der Waals surface area contributed by atoms with Crippen LogP contribution in [0.15, 0.2) is 72.9 Å². The van der Waals surface area contributed by atoms with Gasteiger partial charge in [-0.3, -0.25) is 9.59 Å². The quantitative estimate of drug-likeness (QED) is 0.0360. The highest BCUT2D eigenvalue weighted by atomic mass is 16.5. The van der Waals surface area contributed by atoms with Crippen molar-refractivity contribution in [2.75, 3.05) is 6.54 Å². The zero-order valence-corrected chi connectivity index (χ0v) is 31.0. The number of hydrogen-bond donors (Lipinski definition) is 3. The molecule has 49 heavy (non-hydrogen) atoms. The zero-order valence-electron chi connectivity index (χ0n) is 31.0. The normalized spacial score (nSPS) is 13.5. The predicted octanol–water partition coefficient (Wildman–Crippen LogP) is 10.4. The largest absolute Gasteiger partial charge is 0.480 e. The molecule has 2 atom stereocenters. The second kappa shape index (κ2) is 36.1. The van der Waals surface area contributed by atoms with Gasteiger partial charge < -0.3 is 20.9 Å². The number of carboxylic acids is 1. The summed E-state index contributed by atoms with van der Waals surface area (Å²) in [6.07, 6.45) is 45.7. The number of ether oxygens (including phenoxy) is 1. The van der Waals surface area contributed by atoms with E-state index in [2.05, 4.69) is 86.0 Å². The summed E-state index contributed by atoms with van der Waals surface area (Å²) in [6, 6.07) is -0.874. The third kappa shape index (κ3) is 33.1. The highest BCUT2D eigenvalue weighted by Gasteiger charge is 2.18. The van der Waals surface area contributed by atoms with Gasteiger partial charge in [0, 0.05) is 12.8 Å². The molecule has 278 valence electrons. The molecule has 7 heteroatoms. The summed E-state index contributed by atoms with van der Waals surface area (Å²) in [5.41, 5.74) is 5.45. The van der Waals surface area contributed by atoms with Gasteiger partial charge in [-0.2, -0.15) is 0 Å². The van der Waals surface area contributed by atoms with Gasteiger partial charge in [0.2, 0.25) is 5.91 Å². The van der Waals surface area contributed by atoms with Crippen LogP contribution in [0.1, 0.15) is 155 Å². The highest BCUT2D eigenvalue weighted by Crippen LogP contribution is 2.14. The molecular weight excluding hydrogens is 612 g/mol. The molecule has 0 bridgehead atoms. The van der Waals surface area contributed by atoms with Crippen molar-refractivity contribution < 1.29 is 24.2 Å². The molecule has 0 aromatic rings. The van der Waals surface area contributed by atoms with Crippen molar-refractivity contribution in [2.24, 2.45) is 5.73 Å². The summed E-state index contributed by atoms with van der Waals surface area (Å²) >= 11 is 0. The first-order valence-corrected chi connectivity index (χ1v) is 19.3. The van der Waals surface area contributed by atoms with E-state index in [0.717, 1.165) is 96.3 Å². The van der Waals surface area contributed by atoms with Gasteiger partial charge in [0.05, 0.1) is 0 Å². The maximum absolute atomic E-state index is 12.5. The van der Waals surface area contributed by atoms with Crippen molar-refractivity contribution in [3.05, 3.63) is 72.9 Å². The Bertz CT molecular complexity index is 995. The topological polar surface area (TPSA) is 119 Å². The molecule has 0 radical (unpaired) electrons. The van der Waals surface area contributed by atoms with Crippen molar-refractivity contribution in [1.29, 1.82) is 0 Å². The third-order valence-corrected chi connectivity index (χ3v) is 7.97. The van der Waals surface area contributed by atoms with Crippen molar-refractivity contribution >= 4 is 17.8 Å². The zero-order chi connectivity index (χ0) is 36.0. The van der Waals surface area contributed by atoms with E-state index in [0.29, 0.717) is 38.6 Å². The lowest BCUT2D eigenvalue weighted by atomic mass is 10.1. The van der Waals surface area contributed by atoms with Gasteiger partial charge >= 0.3 is 11.9 Å². The van der Waals surface area contributed by atoms with Crippen LogP contribution in [-0.2, 0) is 19.1 Å². The number of unbranched alkanes of at least 4 members (excludes halogenated alkanes) is 9. The van der Waals surface area contributed by atoms with E-state index in [-0.39, 0.29) is 18.0 Å². The number of nitrogens with one attached hydrogen (secondary N) is 1. The number of hydrogen-bond acceptors (Lipinski definition) is 5. The average molecular weight is 683 g/mol. The summed E-state index contributed by atoms with van der Waals surface area (Å²) < 4.78 is 5.81. The first kappa shape index (κ1) is 45.8. The Balaban J connectivity index is 4.00. The molecular formula is C42H70N2O5. The Morgan fingerprint density at radius 1 is 0.633 bits per heavy atom. The molecule has 0 rings (SSSR count).